The standard InChI is InChI=1S/C23H34BNO4/c1-21(2,3)27-20(26)25-13-17(14-25)16-10-11-18(15-8-9-15)19(12-16)24-28-22(4,5)23(6,7)29-24/h10-12,15,17H,8-9,13-14H2,1-7H3. The van der Waals surface area contributed by atoms with E-state index in [4.69, 9.17) is 14.0 Å². The van der Waals surface area contributed by atoms with Gasteiger partial charge in [-0.2, -0.15) is 0 Å². The van der Waals surface area contributed by atoms with E-state index in [0.29, 0.717) is 24.9 Å². The highest BCUT2D eigenvalue weighted by Gasteiger charge is 2.53. The van der Waals surface area contributed by atoms with Crippen molar-refractivity contribution in [1.29, 1.82) is 0 Å². The molecule has 1 aromatic rings. The maximum Gasteiger partial charge on any atom is 0.495 e. The molecule has 0 aromatic heterocycles. The van der Waals surface area contributed by atoms with Gasteiger partial charge < -0.3 is 18.9 Å². The fourth-order valence-corrected chi connectivity index (χ4v) is 3.95. The van der Waals surface area contributed by atoms with Crippen LogP contribution in [0.1, 0.15) is 84.3 Å². The third kappa shape index (κ3) is 4.06. The number of rotatable bonds is 3. The van der Waals surface area contributed by atoms with Crippen molar-refractivity contribution in [3.05, 3.63) is 29.3 Å². The lowest BCUT2D eigenvalue weighted by molar-refractivity contribution is 0.00578. The molecule has 0 spiro atoms. The van der Waals surface area contributed by atoms with Crippen LogP contribution in [0.2, 0.25) is 0 Å². The molecule has 158 valence electrons. The van der Waals surface area contributed by atoms with Crippen molar-refractivity contribution in [2.75, 3.05) is 13.1 Å². The minimum Gasteiger partial charge on any atom is -0.444 e. The average Bonchev–Trinajstić information content (AvgIpc) is 3.31. The summed E-state index contributed by atoms with van der Waals surface area (Å²) in [5, 5.41) is 0. The van der Waals surface area contributed by atoms with E-state index in [1.165, 1.54) is 29.4 Å². The van der Waals surface area contributed by atoms with Gasteiger partial charge in [0.1, 0.15) is 5.60 Å². The van der Waals surface area contributed by atoms with E-state index < -0.39 is 5.60 Å². The summed E-state index contributed by atoms with van der Waals surface area (Å²) < 4.78 is 18.2. The van der Waals surface area contributed by atoms with Crippen LogP contribution in [0, 0.1) is 0 Å². The molecule has 1 amide bonds. The van der Waals surface area contributed by atoms with Crippen molar-refractivity contribution in [2.45, 2.75) is 89.9 Å². The first-order chi connectivity index (χ1) is 13.4. The number of ether oxygens (including phenoxy) is 1. The Morgan fingerprint density at radius 3 is 2.17 bits per heavy atom. The molecule has 1 saturated carbocycles. The third-order valence-electron chi connectivity index (χ3n) is 6.64. The zero-order chi connectivity index (χ0) is 21.2. The summed E-state index contributed by atoms with van der Waals surface area (Å²) in [7, 11) is -0.336. The molecule has 3 aliphatic rings. The van der Waals surface area contributed by atoms with E-state index in [1.807, 2.05) is 20.8 Å². The third-order valence-corrected chi connectivity index (χ3v) is 6.64. The quantitative estimate of drug-likeness (QED) is 0.715. The second-order valence-electron chi connectivity index (χ2n) is 10.8. The smallest absolute Gasteiger partial charge is 0.444 e. The van der Waals surface area contributed by atoms with Crippen molar-refractivity contribution in [2.24, 2.45) is 0 Å². The van der Waals surface area contributed by atoms with Gasteiger partial charge in [0.2, 0.25) is 0 Å². The Kier molecular flexibility index (Phi) is 4.82. The van der Waals surface area contributed by atoms with Gasteiger partial charge >= 0.3 is 13.2 Å². The van der Waals surface area contributed by atoms with Gasteiger partial charge in [-0.1, -0.05) is 18.2 Å². The first-order valence-corrected chi connectivity index (χ1v) is 10.8. The lowest BCUT2D eigenvalue weighted by Crippen LogP contribution is -2.50. The molecule has 6 heteroatoms. The fourth-order valence-electron chi connectivity index (χ4n) is 3.95. The van der Waals surface area contributed by atoms with Crippen molar-refractivity contribution >= 4 is 18.7 Å². The van der Waals surface area contributed by atoms with Gasteiger partial charge in [-0.3, -0.25) is 0 Å². The van der Waals surface area contributed by atoms with Crippen LogP contribution >= 0.6 is 0 Å². The molecule has 5 nitrogen and oxygen atoms in total. The summed E-state index contributed by atoms with van der Waals surface area (Å²) in [5.74, 6) is 0.953. The molecule has 1 aromatic carbocycles. The first-order valence-electron chi connectivity index (χ1n) is 10.8. The van der Waals surface area contributed by atoms with E-state index in [2.05, 4.69) is 45.9 Å². The first kappa shape index (κ1) is 20.7. The van der Waals surface area contributed by atoms with Gasteiger partial charge in [0.25, 0.3) is 0 Å². The Hall–Kier alpha value is -1.53. The molecule has 1 aliphatic carbocycles. The van der Waals surface area contributed by atoms with Gasteiger partial charge in [0, 0.05) is 19.0 Å². The second kappa shape index (κ2) is 6.74. The van der Waals surface area contributed by atoms with E-state index in [9.17, 15) is 4.79 Å². The Bertz CT molecular complexity index is 788. The molecule has 0 radical (unpaired) electrons. The molecule has 0 unspecified atom stereocenters. The largest absolute Gasteiger partial charge is 0.495 e. The number of carbonyl (C=O) groups excluding carboxylic acids is 1. The van der Waals surface area contributed by atoms with Crippen LogP contribution in [-0.2, 0) is 14.0 Å². The monoisotopic (exact) mass is 399 g/mol. The van der Waals surface area contributed by atoms with Gasteiger partial charge in [-0.05, 0) is 83.8 Å². The summed E-state index contributed by atoms with van der Waals surface area (Å²) >= 11 is 0. The van der Waals surface area contributed by atoms with Crippen molar-refractivity contribution in [1.82, 2.24) is 4.90 Å². The Labute approximate surface area is 175 Å². The molecule has 2 aliphatic heterocycles. The van der Waals surface area contributed by atoms with Crippen LogP contribution in [0.3, 0.4) is 0 Å². The number of nitrogens with zero attached hydrogens (tertiary/aromatic N) is 1. The second-order valence-corrected chi connectivity index (χ2v) is 10.8. The van der Waals surface area contributed by atoms with Crippen molar-refractivity contribution in [3.8, 4) is 0 Å². The van der Waals surface area contributed by atoms with Gasteiger partial charge in [0.05, 0.1) is 11.2 Å². The molecule has 4 rings (SSSR count). The predicted octanol–water partition coefficient (Wildman–Crippen LogP) is 4.20. The van der Waals surface area contributed by atoms with Gasteiger partial charge in [0.15, 0.2) is 0 Å². The van der Waals surface area contributed by atoms with Crippen molar-refractivity contribution < 1.29 is 18.8 Å². The molecular formula is C23H34BNO4. The van der Waals surface area contributed by atoms with Crippen LogP contribution in [0.4, 0.5) is 4.79 Å². The fraction of sp³-hybridized carbons (Fsp3) is 0.696. The van der Waals surface area contributed by atoms with E-state index in [-0.39, 0.29) is 24.4 Å². The van der Waals surface area contributed by atoms with Crippen molar-refractivity contribution in [3.63, 3.8) is 0 Å². The lowest BCUT2D eigenvalue weighted by atomic mass is 9.72. The number of carbonyl (C=O) groups is 1. The minimum atomic E-state index is -0.460. The Morgan fingerprint density at radius 1 is 1.07 bits per heavy atom. The maximum atomic E-state index is 12.3. The summed E-state index contributed by atoms with van der Waals surface area (Å²) in [5.41, 5.74) is 2.61. The molecular weight excluding hydrogens is 365 g/mol. The Morgan fingerprint density at radius 2 is 1.66 bits per heavy atom. The highest BCUT2D eigenvalue weighted by Crippen LogP contribution is 2.42. The number of hydrogen-bond donors (Lipinski definition) is 0. The molecule has 2 saturated heterocycles. The molecule has 2 heterocycles. The lowest BCUT2D eigenvalue weighted by Gasteiger charge is -2.40. The van der Waals surface area contributed by atoms with Crippen LogP contribution in [-0.4, -0.2) is 48.0 Å². The Balaban J connectivity index is 1.51. The molecule has 3 fully saturated rings. The minimum absolute atomic E-state index is 0.227. The SMILES string of the molecule is CC(C)(C)OC(=O)N1CC(c2ccc(C3CC3)c(B3OC(C)(C)C(C)(C)O3)c2)C1. The number of amides is 1. The zero-order valence-electron chi connectivity index (χ0n) is 18.9. The summed E-state index contributed by atoms with van der Waals surface area (Å²) in [6, 6.07) is 6.73. The van der Waals surface area contributed by atoms with Gasteiger partial charge in [-0.25, -0.2) is 4.79 Å². The van der Waals surface area contributed by atoms with Crippen LogP contribution in [0.5, 0.6) is 0 Å². The maximum absolute atomic E-state index is 12.3. The highest BCUT2D eigenvalue weighted by molar-refractivity contribution is 6.62. The zero-order valence-corrected chi connectivity index (χ0v) is 18.9. The normalized spacial score (nSPS) is 23.8. The molecule has 29 heavy (non-hydrogen) atoms. The molecule has 0 bridgehead atoms. The van der Waals surface area contributed by atoms with Crippen LogP contribution in [0.15, 0.2) is 18.2 Å². The van der Waals surface area contributed by atoms with E-state index in [1.54, 1.807) is 4.90 Å². The highest BCUT2D eigenvalue weighted by atomic mass is 16.7. The summed E-state index contributed by atoms with van der Waals surface area (Å²) in [6.45, 7) is 15.5. The van der Waals surface area contributed by atoms with Gasteiger partial charge in [-0.15, -0.1) is 0 Å². The topological polar surface area (TPSA) is 48.0 Å². The number of likely N-dealkylation sites (tertiary alicyclic amines) is 1. The molecule has 0 atom stereocenters. The summed E-state index contributed by atoms with van der Waals surface area (Å²) in [6.07, 6.45) is 2.25. The van der Waals surface area contributed by atoms with E-state index >= 15 is 0 Å². The number of hydrogen-bond acceptors (Lipinski definition) is 4. The van der Waals surface area contributed by atoms with E-state index in [0.717, 1.165) is 0 Å². The average molecular weight is 399 g/mol. The number of benzene rings is 1. The van der Waals surface area contributed by atoms with Crippen LogP contribution in [0.25, 0.3) is 0 Å². The molecule has 0 N–H and O–H groups in total. The predicted molar refractivity (Wildman–Crippen MR) is 115 cm³/mol. The van der Waals surface area contributed by atoms with Crippen LogP contribution < -0.4 is 5.46 Å². The summed E-state index contributed by atoms with van der Waals surface area (Å²) in [4.78, 5) is 14.0.